The van der Waals surface area contributed by atoms with Crippen LogP contribution in [0.4, 0.5) is 5.69 Å². The third kappa shape index (κ3) is 2.62. The summed E-state index contributed by atoms with van der Waals surface area (Å²) in [7, 11) is 0. The van der Waals surface area contributed by atoms with Crippen LogP contribution in [0, 0.1) is 6.92 Å². The second kappa shape index (κ2) is 6.04. The van der Waals surface area contributed by atoms with Crippen LogP contribution in [-0.4, -0.2) is 16.8 Å². The van der Waals surface area contributed by atoms with Crippen LogP contribution in [0.5, 0.6) is 0 Å². The second-order valence-corrected chi connectivity index (χ2v) is 6.49. The van der Waals surface area contributed by atoms with Crippen LogP contribution in [0.15, 0.2) is 36.4 Å². The molecule has 0 saturated heterocycles. The number of halogens is 1. The molecule has 0 aromatic heterocycles. The van der Waals surface area contributed by atoms with Crippen molar-refractivity contribution in [2.75, 3.05) is 5.32 Å². The highest BCUT2D eigenvalue weighted by Gasteiger charge is 2.48. The number of aryl methyl sites for hydroxylation is 2. The topological polar surface area (TPSA) is 66.4 Å². The molecule has 0 saturated carbocycles. The van der Waals surface area contributed by atoms with Gasteiger partial charge in [-0.25, -0.2) is 0 Å². The van der Waals surface area contributed by atoms with Gasteiger partial charge in [-0.2, -0.15) is 0 Å². The van der Waals surface area contributed by atoms with Crippen LogP contribution in [0.25, 0.3) is 0 Å². The zero-order valence-corrected chi connectivity index (χ0v) is 14.3. The number of hydrogen-bond donors (Lipinski definition) is 2. The van der Waals surface area contributed by atoms with Crippen molar-refractivity contribution in [2.24, 2.45) is 0 Å². The molecule has 1 heterocycles. The van der Waals surface area contributed by atoms with Crippen molar-refractivity contribution in [1.29, 1.82) is 0 Å². The van der Waals surface area contributed by atoms with Gasteiger partial charge in [0.15, 0.2) is 11.4 Å². The van der Waals surface area contributed by atoms with Gasteiger partial charge in [0.25, 0.3) is 5.91 Å². The molecule has 0 bridgehead atoms. The fourth-order valence-corrected chi connectivity index (χ4v) is 3.32. The van der Waals surface area contributed by atoms with Crippen molar-refractivity contribution in [3.8, 4) is 0 Å². The number of rotatable bonds is 4. The molecule has 1 aliphatic heterocycles. The number of Topliss-reactive ketones (excluding diaryl/α,β-unsaturated/α-hetero) is 1. The fourth-order valence-electron chi connectivity index (χ4n) is 3.01. The molecule has 5 heteroatoms. The number of carbonyl (C=O) groups is 2. The number of benzene rings is 2. The number of carbonyl (C=O) groups excluding carboxylic acids is 2. The van der Waals surface area contributed by atoms with E-state index in [1.165, 1.54) is 0 Å². The Kier molecular flexibility index (Phi) is 4.20. The van der Waals surface area contributed by atoms with E-state index in [4.69, 9.17) is 11.6 Å². The van der Waals surface area contributed by atoms with Crippen LogP contribution >= 0.6 is 11.6 Å². The lowest BCUT2D eigenvalue weighted by Crippen LogP contribution is -2.36. The Balaban J connectivity index is 1.96. The zero-order valence-electron chi connectivity index (χ0n) is 13.5. The third-order valence-corrected chi connectivity index (χ3v) is 4.81. The smallest absolute Gasteiger partial charge is 0.261 e. The summed E-state index contributed by atoms with van der Waals surface area (Å²) in [5.74, 6) is -0.923. The zero-order chi connectivity index (χ0) is 17.5. The van der Waals surface area contributed by atoms with Gasteiger partial charge < -0.3 is 10.4 Å². The molecule has 0 spiro atoms. The van der Waals surface area contributed by atoms with Crippen LogP contribution in [0.3, 0.4) is 0 Å². The standard InChI is InChI=1S/C19H18ClNO3/c1-3-12-5-7-13(8-6-12)15(22)10-19(24)16-14(20)9-4-11(2)17(16)21-18(19)23/h4-9,24H,3,10H2,1-2H3,(H,21,23)/t19-/m1/s1. The summed E-state index contributed by atoms with van der Waals surface area (Å²) in [5, 5.41) is 13.8. The van der Waals surface area contributed by atoms with Crippen molar-refractivity contribution in [3.63, 3.8) is 0 Å². The largest absolute Gasteiger partial charge is 0.375 e. The Morgan fingerprint density at radius 3 is 2.50 bits per heavy atom. The predicted molar refractivity (Wildman–Crippen MR) is 93.5 cm³/mol. The van der Waals surface area contributed by atoms with Gasteiger partial charge >= 0.3 is 0 Å². The van der Waals surface area contributed by atoms with Gasteiger partial charge in [-0.1, -0.05) is 48.9 Å². The van der Waals surface area contributed by atoms with Crippen molar-refractivity contribution in [3.05, 3.63) is 63.7 Å². The van der Waals surface area contributed by atoms with Gasteiger partial charge in [-0.3, -0.25) is 9.59 Å². The number of hydrogen-bond acceptors (Lipinski definition) is 3. The number of aliphatic hydroxyl groups is 1. The lowest BCUT2D eigenvalue weighted by Gasteiger charge is -2.21. The maximum Gasteiger partial charge on any atom is 0.261 e. The molecule has 0 radical (unpaired) electrons. The van der Waals surface area contributed by atoms with Crippen molar-refractivity contribution >= 4 is 29.0 Å². The Hall–Kier alpha value is -2.17. The van der Waals surface area contributed by atoms with Crippen molar-refractivity contribution in [2.45, 2.75) is 32.3 Å². The Labute approximate surface area is 145 Å². The quantitative estimate of drug-likeness (QED) is 0.833. The maximum atomic E-state index is 12.6. The Morgan fingerprint density at radius 1 is 1.21 bits per heavy atom. The van der Waals surface area contributed by atoms with E-state index in [-0.39, 0.29) is 22.8 Å². The van der Waals surface area contributed by atoms with E-state index in [0.717, 1.165) is 17.5 Å². The monoisotopic (exact) mass is 343 g/mol. The van der Waals surface area contributed by atoms with Crippen LogP contribution in [0.1, 0.15) is 40.4 Å². The highest BCUT2D eigenvalue weighted by molar-refractivity contribution is 6.33. The van der Waals surface area contributed by atoms with E-state index >= 15 is 0 Å². The molecule has 2 aromatic rings. The molecule has 2 N–H and O–H groups in total. The second-order valence-electron chi connectivity index (χ2n) is 6.08. The van der Waals surface area contributed by atoms with Gasteiger partial charge in [-0.05, 0) is 30.5 Å². The molecule has 124 valence electrons. The lowest BCUT2D eigenvalue weighted by molar-refractivity contribution is -0.133. The van der Waals surface area contributed by atoms with E-state index < -0.39 is 11.5 Å². The van der Waals surface area contributed by atoms with Gasteiger partial charge in [0.05, 0.1) is 12.1 Å². The first-order chi connectivity index (χ1) is 11.4. The molecular weight excluding hydrogens is 326 g/mol. The van der Waals surface area contributed by atoms with Crippen LogP contribution in [-0.2, 0) is 16.8 Å². The molecule has 3 rings (SSSR count). The molecule has 1 aliphatic rings. The molecule has 0 aliphatic carbocycles. The average Bonchev–Trinajstić information content (AvgIpc) is 2.83. The minimum absolute atomic E-state index is 0.269. The number of ketones is 1. The Bertz CT molecular complexity index is 829. The third-order valence-electron chi connectivity index (χ3n) is 4.49. The number of amides is 1. The van der Waals surface area contributed by atoms with E-state index in [9.17, 15) is 14.7 Å². The predicted octanol–water partition coefficient (Wildman–Crippen LogP) is 3.62. The molecule has 1 atom stereocenters. The van der Waals surface area contributed by atoms with E-state index in [0.29, 0.717) is 11.3 Å². The summed E-state index contributed by atoms with van der Waals surface area (Å²) >= 11 is 6.20. The summed E-state index contributed by atoms with van der Waals surface area (Å²) in [6.45, 7) is 3.84. The van der Waals surface area contributed by atoms with Gasteiger partial charge in [-0.15, -0.1) is 0 Å². The molecule has 4 nitrogen and oxygen atoms in total. The number of nitrogens with one attached hydrogen (secondary N) is 1. The minimum Gasteiger partial charge on any atom is -0.375 e. The van der Waals surface area contributed by atoms with Gasteiger partial charge in [0, 0.05) is 16.1 Å². The molecular formula is C19H18ClNO3. The minimum atomic E-state index is -1.95. The SMILES string of the molecule is CCc1ccc(C(=O)C[C@]2(O)C(=O)Nc3c(C)ccc(Cl)c32)cc1. The first-order valence-corrected chi connectivity index (χ1v) is 8.20. The summed E-state index contributed by atoms with van der Waals surface area (Å²) in [6, 6.07) is 10.6. The van der Waals surface area contributed by atoms with Crippen molar-refractivity contribution < 1.29 is 14.7 Å². The fraction of sp³-hybridized carbons (Fsp3) is 0.263. The first kappa shape index (κ1) is 16.7. The molecule has 2 aromatic carbocycles. The van der Waals surface area contributed by atoms with Crippen LogP contribution < -0.4 is 5.32 Å². The molecule has 0 fully saturated rings. The molecule has 1 amide bonds. The average molecular weight is 344 g/mol. The lowest BCUT2D eigenvalue weighted by atomic mass is 9.87. The van der Waals surface area contributed by atoms with E-state index in [1.54, 1.807) is 24.3 Å². The number of anilines is 1. The first-order valence-electron chi connectivity index (χ1n) is 7.82. The Morgan fingerprint density at radius 2 is 1.88 bits per heavy atom. The highest BCUT2D eigenvalue weighted by Crippen LogP contribution is 2.44. The normalized spacial score (nSPS) is 19.1. The summed E-state index contributed by atoms with van der Waals surface area (Å²) < 4.78 is 0. The van der Waals surface area contributed by atoms with Gasteiger partial charge in [0.1, 0.15) is 0 Å². The van der Waals surface area contributed by atoms with Gasteiger partial charge in [0.2, 0.25) is 0 Å². The van der Waals surface area contributed by atoms with E-state index in [1.807, 2.05) is 26.0 Å². The molecule has 24 heavy (non-hydrogen) atoms. The highest BCUT2D eigenvalue weighted by atomic mass is 35.5. The summed E-state index contributed by atoms with van der Waals surface area (Å²) in [4.78, 5) is 24.9. The number of fused-ring (bicyclic) bond motifs is 1. The van der Waals surface area contributed by atoms with E-state index in [2.05, 4.69) is 5.32 Å². The maximum absolute atomic E-state index is 12.6. The molecule has 0 unspecified atom stereocenters. The summed E-state index contributed by atoms with van der Waals surface area (Å²) in [5.41, 5.74) is 1.20. The van der Waals surface area contributed by atoms with Crippen molar-refractivity contribution in [1.82, 2.24) is 0 Å². The van der Waals surface area contributed by atoms with Crippen LogP contribution in [0.2, 0.25) is 5.02 Å². The summed E-state index contributed by atoms with van der Waals surface area (Å²) in [6.07, 6.45) is 0.531.